The number of hydrogen-bond donors (Lipinski definition) is 2. The van der Waals surface area contributed by atoms with Crippen LogP contribution in [-0.4, -0.2) is 29.1 Å². The van der Waals surface area contributed by atoms with Gasteiger partial charge >= 0.3 is 5.97 Å². The van der Waals surface area contributed by atoms with E-state index in [0.29, 0.717) is 5.92 Å². The number of nitrogens with one attached hydrogen (secondary N) is 1. The molecule has 0 radical (unpaired) electrons. The maximum atomic E-state index is 10.5. The molecule has 2 N–H and O–H groups in total. The molecule has 0 amide bonds. The van der Waals surface area contributed by atoms with Gasteiger partial charge in [0.15, 0.2) is 0 Å². The van der Waals surface area contributed by atoms with Crippen molar-refractivity contribution >= 4 is 17.3 Å². The molecule has 1 aliphatic heterocycles. The standard InChI is InChI=1S/C7H8N2O2S/c10-7(11)6-9-5(3-12-6)4-1-8-2-4/h3-4,8H,1-2H2,(H,10,11). The van der Waals surface area contributed by atoms with Crippen molar-refractivity contribution in [3.63, 3.8) is 0 Å². The van der Waals surface area contributed by atoms with Gasteiger partial charge in [-0.2, -0.15) is 0 Å². The Morgan fingerprint density at radius 1 is 1.75 bits per heavy atom. The molecule has 2 rings (SSSR count). The summed E-state index contributed by atoms with van der Waals surface area (Å²) >= 11 is 1.20. The number of hydrogen-bond acceptors (Lipinski definition) is 4. The molecule has 0 saturated carbocycles. The Bertz CT molecular complexity index is 306. The minimum absolute atomic E-state index is 0.192. The first-order valence-corrected chi connectivity index (χ1v) is 4.55. The fourth-order valence-corrected chi connectivity index (χ4v) is 1.81. The van der Waals surface area contributed by atoms with Crippen molar-refractivity contribution in [2.24, 2.45) is 0 Å². The van der Waals surface area contributed by atoms with Crippen molar-refractivity contribution in [1.29, 1.82) is 0 Å². The molecule has 12 heavy (non-hydrogen) atoms. The van der Waals surface area contributed by atoms with Gasteiger partial charge in [-0.1, -0.05) is 0 Å². The van der Waals surface area contributed by atoms with Crippen LogP contribution in [0, 0.1) is 0 Å². The molecule has 0 aromatic carbocycles. The Balaban J connectivity index is 2.17. The fourth-order valence-electron chi connectivity index (χ4n) is 1.07. The van der Waals surface area contributed by atoms with Crippen LogP contribution in [0.25, 0.3) is 0 Å². The second kappa shape index (κ2) is 2.84. The van der Waals surface area contributed by atoms with E-state index in [1.165, 1.54) is 11.3 Å². The van der Waals surface area contributed by atoms with E-state index >= 15 is 0 Å². The van der Waals surface area contributed by atoms with E-state index in [1.54, 1.807) is 0 Å². The zero-order valence-corrected chi connectivity index (χ0v) is 7.10. The summed E-state index contributed by atoms with van der Waals surface area (Å²) in [6.07, 6.45) is 0. The van der Waals surface area contributed by atoms with Crippen LogP contribution < -0.4 is 5.32 Å². The lowest BCUT2D eigenvalue weighted by molar-refractivity contribution is 0.0696. The number of aromatic carboxylic acids is 1. The summed E-state index contributed by atoms with van der Waals surface area (Å²) in [6, 6.07) is 0. The highest BCUT2D eigenvalue weighted by atomic mass is 32.1. The summed E-state index contributed by atoms with van der Waals surface area (Å²) in [6.45, 7) is 1.84. The van der Waals surface area contributed by atoms with Gasteiger partial charge < -0.3 is 10.4 Å². The van der Waals surface area contributed by atoms with Gasteiger partial charge in [0.25, 0.3) is 0 Å². The molecule has 1 aliphatic rings. The van der Waals surface area contributed by atoms with Crippen molar-refractivity contribution in [3.05, 3.63) is 16.1 Å². The van der Waals surface area contributed by atoms with E-state index < -0.39 is 5.97 Å². The number of carbonyl (C=O) groups is 1. The van der Waals surface area contributed by atoms with Gasteiger partial charge in [0.1, 0.15) is 0 Å². The second-order valence-corrected chi connectivity index (χ2v) is 3.60. The van der Waals surface area contributed by atoms with Crippen LogP contribution in [0.3, 0.4) is 0 Å². The average molecular weight is 184 g/mol. The maximum Gasteiger partial charge on any atom is 0.365 e. The second-order valence-electron chi connectivity index (χ2n) is 2.74. The Morgan fingerprint density at radius 3 is 2.92 bits per heavy atom. The van der Waals surface area contributed by atoms with Gasteiger partial charge in [-0.25, -0.2) is 9.78 Å². The fraction of sp³-hybridized carbons (Fsp3) is 0.429. The summed E-state index contributed by atoms with van der Waals surface area (Å²) in [7, 11) is 0. The van der Waals surface area contributed by atoms with E-state index in [9.17, 15) is 4.79 Å². The molecule has 1 aromatic heterocycles. The van der Waals surface area contributed by atoms with Gasteiger partial charge in [0.05, 0.1) is 5.69 Å². The van der Waals surface area contributed by atoms with Crippen molar-refractivity contribution in [2.75, 3.05) is 13.1 Å². The predicted molar refractivity (Wildman–Crippen MR) is 44.7 cm³/mol. The summed E-state index contributed by atoms with van der Waals surface area (Å²) in [5.41, 5.74) is 0.913. The summed E-state index contributed by atoms with van der Waals surface area (Å²) in [4.78, 5) is 14.5. The van der Waals surface area contributed by atoms with E-state index in [-0.39, 0.29) is 5.01 Å². The van der Waals surface area contributed by atoms with Crippen molar-refractivity contribution in [2.45, 2.75) is 5.92 Å². The Hall–Kier alpha value is -0.940. The van der Waals surface area contributed by atoms with Crippen molar-refractivity contribution in [3.8, 4) is 0 Å². The zero-order chi connectivity index (χ0) is 8.55. The molecule has 0 aliphatic carbocycles. The largest absolute Gasteiger partial charge is 0.476 e. The lowest BCUT2D eigenvalue weighted by Gasteiger charge is -2.24. The molecule has 1 aromatic rings. The third-order valence-electron chi connectivity index (χ3n) is 1.90. The van der Waals surface area contributed by atoms with Crippen LogP contribution >= 0.6 is 11.3 Å². The van der Waals surface area contributed by atoms with E-state index in [4.69, 9.17) is 5.11 Å². The molecule has 0 spiro atoms. The maximum absolute atomic E-state index is 10.5. The molecule has 64 valence electrons. The molecule has 0 atom stereocenters. The first-order chi connectivity index (χ1) is 5.77. The lowest BCUT2D eigenvalue weighted by atomic mass is 10.0. The van der Waals surface area contributed by atoms with Crippen molar-refractivity contribution in [1.82, 2.24) is 10.3 Å². The monoisotopic (exact) mass is 184 g/mol. The first-order valence-electron chi connectivity index (χ1n) is 3.67. The zero-order valence-electron chi connectivity index (χ0n) is 6.28. The molecule has 0 bridgehead atoms. The minimum atomic E-state index is -0.932. The average Bonchev–Trinajstić information content (AvgIpc) is 2.32. The highest BCUT2D eigenvalue weighted by Crippen LogP contribution is 2.21. The van der Waals surface area contributed by atoms with Gasteiger partial charge in [-0.05, 0) is 0 Å². The van der Waals surface area contributed by atoms with E-state index in [0.717, 1.165) is 18.8 Å². The lowest BCUT2D eigenvalue weighted by Crippen LogP contribution is -2.40. The third kappa shape index (κ3) is 1.21. The Kier molecular flexibility index (Phi) is 1.82. The summed E-state index contributed by atoms with van der Waals surface area (Å²) < 4.78 is 0. The van der Waals surface area contributed by atoms with Crippen LogP contribution in [0.5, 0.6) is 0 Å². The van der Waals surface area contributed by atoms with Gasteiger partial charge in [0.2, 0.25) is 5.01 Å². The smallest absolute Gasteiger partial charge is 0.365 e. The Morgan fingerprint density at radius 2 is 2.50 bits per heavy atom. The highest BCUT2D eigenvalue weighted by molar-refractivity contribution is 7.11. The van der Waals surface area contributed by atoms with Gasteiger partial charge in [-0.3, -0.25) is 0 Å². The van der Waals surface area contributed by atoms with Crippen LogP contribution in [0.2, 0.25) is 0 Å². The molecule has 5 heteroatoms. The molecule has 0 unspecified atom stereocenters. The number of aromatic nitrogens is 1. The number of nitrogens with zero attached hydrogens (tertiary/aromatic N) is 1. The molecule has 2 heterocycles. The van der Waals surface area contributed by atoms with Gasteiger partial charge in [0, 0.05) is 24.4 Å². The number of carboxylic acid groups (broad SMARTS) is 1. The minimum Gasteiger partial charge on any atom is -0.476 e. The molecular weight excluding hydrogens is 176 g/mol. The SMILES string of the molecule is O=C(O)c1nc(C2CNC2)cs1. The van der Waals surface area contributed by atoms with E-state index in [2.05, 4.69) is 10.3 Å². The van der Waals surface area contributed by atoms with Crippen LogP contribution in [-0.2, 0) is 0 Å². The summed E-state index contributed by atoms with van der Waals surface area (Å²) in [5, 5.41) is 13.7. The number of rotatable bonds is 2. The summed E-state index contributed by atoms with van der Waals surface area (Å²) in [5.74, 6) is -0.507. The predicted octanol–water partition coefficient (Wildman–Crippen LogP) is 0.528. The molecular formula is C7H8N2O2S. The number of carboxylic acids is 1. The molecule has 1 saturated heterocycles. The first kappa shape index (κ1) is 7.70. The van der Waals surface area contributed by atoms with Crippen LogP contribution in [0.1, 0.15) is 21.4 Å². The van der Waals surface area contributed by atoms with Gasteiger partial charge in [-0.15, -0.1) is 11.3 Å². The number of thiazole rings is 1. The highest BCUT2D eigenvalue weighted by Gasteiger charge is 2.22. The van der Waals surface area contributed by atoms with Crippen molar-refractivity contribution < 1.29 is 9.90 Å². The quantitative estimate of drug-likeness (QED) is 0.703. The topological polar surface area (TPSA) is 62.2 Å². The van der Waals surface area contributed by atoms with Crippen LogP contribution in [0.4, 0.5) is 0 Å². The molecule has 1 fully saturated rings. The van der Waals surface area contributed by atoms with Crippen LogP contribution in [0.15, 0.2) is 5.38 Å². The third-order valence-corrected chi connectivity index (χ3v) is 2.75. The normalized spacial score (nSPS) is 17.3. The Labute approximate surface area is 73.3 Å². The van der Waals surface area contributed by atoms with E-state index in [1.807, 2.05) is 5.38 Å². The molecule has 4 nitrogen and oxygen atoms in total.